The zero-order chi connectivity index (χ0) is 34.8. The van der Waals surface area contributed by atoms with E-state index in [1.807, 2.05) is 54.6 Å². The van der Waals surface area contributed by atoms with E-state index in [4.69, 9.17) is 11.2 Å². The van der Waals surface area contributed by atoms with E-state index in [-0.39, 0.29) is 18.2 Å². The van der Waals surface area contributed by atoms with Crippen LogP contribution in [-0.4, -0.2) is 96.7 Å². The lowest BCUT2D eigenvalue weighted by atomic mass is 9.99. The van der Waals surface area contributed by atoms with Crippen LogP contribution in [0.1, 0.15) is 50.2 Å². The third kappa shape index (κ3) is 10.0. The van der Waals surface area contributed by atoms with Crippen LogP contribution in [0, 0.1) is 12.3 Å². The minimum Gasteiger partial charge on any atom is -0.481 e. The van der Waals surface area contributed by atoms with Crippen molar-refractivity contribution in [3.05, 3.63) is 88.3 Å². The molecule has 0 bridgehead atoms. The number of hydrogen-bond donors (Lipinski definition) is 1. The topological polar surface area (TPSA) is 82.9 Å². The van der Waals surface area contributed by atoms with Gasteiger partial charge in [0.2, 0.25) is 5.91 Å². The predicted molar refractivity (Wildman–Crippen MR) is 199 cm³/mol. The van der Waals surface area contributed by atoms with Gasteiger partial charge in [-0.25, -0.2) is 4.79 Å². The number of hydrogen-bond acceptors (Lipinski definition) is 7. The fourth-order valence-corrected chi connectivity index (χ4v) is 6.34. The van der Waals surface area contributed by atoms with E-state index >= 15 is 0 Å². The molecule has 3 aromatic carbocycles. The van der Waals surface area contributed by atoms with Gasteiger partial charge in [0.1, 0.15) is 12.4 Å². The highest BCUT2D eigenvalue weighted by atomic mass is 16.5. The third-order valence-electron chi connectivity index (χ3n) is 9.10. The highest BCUT2D eigenvalue weighted by Crippen LogP contribution is 2.30. The zero-order valence-electron chi connectivity index (χ0n) is 29.5. The molecule has 1 amide bonds. The summed E-state index contributed by atoms with van der Waals surface area (Å²) in [6.07, 6.45) is 7.91. The fraction of sp³-hybridized carbons (Fsp3) is 0.425. The van der Waals surface area contributed by atoms with Gasteiger partial charge in [-0.3, -0.25) is 9.36 Å². The Hall–Kier alpha value is -4.49. The van der Waals surface area contributed by atoms with Gasteiger partial charge in [0.25, 0.3) is 0 Å². The first kappa shape index (κ1) is 35.8. The first-order valence-electron chi connectivity index (χ1n) is 17.4. The maximum atomic E-state index is 13.6. The van der Waals surface area contributed by atoms with Crippen LogP contribution in [0.3, 0.4) is 0 Å². The number of rotatable bonds is 15. The van der Waals surface area contributed by atoms with Gasteiger partial charge in [0.05, 0.1) is 17.8 Å². The number of carbonyl (C=O) groups excluding carboxylic acids is 1. The Morgan fingerprint density at radius 2 is 1.69 bits per heavy atom. The van der Waals surface area contributed by atoms with Gasteiger partial charge >= 0.3 is 5.69 Å². The summed E-state index contributed by atoms with van der Waals surface area (Å²) in [4.78, 5) is 38.3. The standard InChI is InChI=1S/C40H50N6O3/c1-6-26-49-35-17-18-37-36(28-35)39(33-15-13-32(14-16-33)30(2)3)42-40(48)46(37)29-31-10-7-11-34(27-31)41-38(47)12-8-20-44-22-24-45(25-23-44)21-9-19-43(4)5/h1,7,10-11,13-18,27-28,30H,8-9,12,19-26,29H2,2-5H3,(H,41,47). The summed E-state index contributed by atoms with van der Waals surface area (Å²) in [5.41, 5.74) is 4.65. The molecule has 9 nitrogen and oxygen atoms in total. The quantitative estimate of drug-likeness (QED) is 0.168. The molecule has 1 aromatic heterocycles. The summed E-state index contributed by atoms with van der Waals surface area (Å²) in [5.74, 6) is 3.51. The normalized spacial score (nSPS) is 14.0. The van der Waals surface area contributed by atoms with Crippen molar-refractivity contribution in [3.63, 3.8) is 0 Å². The Balaban J connectivity index is 1.24. The highest BCUT2D eigenvalue weighted by Gasteiger charge is 2.17. The summed E-state index contributed by atoms with van der Waals surface area (Å²) < 4.78 is 7.40. The van der Waals surface area contributed by atoms with Crippen molar-refractivity contribution in [2.24, 2.45) is 0 Å². The molecule has 5 rings (SSSR count). The molecule has 1 aliphatic heterocycles. The van der Waals surface area contributed by atoms with Crippen LogP contribution in [0.5, 0.6) is 5.75 Å². The third-order valence-corrected chi connectivity index (χ3v) is 9.10. The molecule has 1 N–H and O–H groups in total. The first-order chi connectivity index (χ1) is 23.7. The molecule has 0 radical (unpaired) electrons. The van der Waals surface area contributed by atoms with Gasteiger partial charge in [-0.2, -0.15) is 4.98 Å². The molecule has 258 valence electrons. The molecule has 1 fully saturated rings. The van der Waals surface area contributed by atoms with E-state index < -0.39 is 0 Å². The van der Waals surface area contributed by atoms with Crippen LogP contribution < -0.4 is 15.7 Å². The Morgan fingerprint density at radius 1 is 0.980 bits per heavy atom. The molecule has 0 atom stereocenters. The molecule has 0 unspecified atom stereocenters. The monoisotopic (exact) mass is 662 g/mol. The average Bonchev–Trinajstić information content (AvgIpc) is 3.09. The van der Waals surface area contributed by atoms with Crippen molar-refractivity contribution in [1.82, 2.24) is 24.3 Å². The molecule has 2 heterocycles. The van der Waals surface area contributed by atoms with E-state index in [0.29, 0.717) is 36.0 Å². The number of anilines is 1. The Labute approximate surface area is 290 Å². The van der Waals surface area contributed by atoms with Gasteiger partial charge in [-0.1, -0.05) is 56.2 Å². The van der Waals surface area contributed by atoms with E-state index in [2.05, 4.69) is 71.0 Å². The fourth-order valence-electron chi connectivity index (χ4n) is 6.34. The second-order valence-corrected chi connectivity index (χ2v) is 13.5. The summed E-state index contributed by atoms with van der Waals surface area (Å²) >= 11 is 0. The minimum absolute atomic E-state index is 0.00362. The lowest BCUT2D eigenvalue weighted by Crippen LogP contribution is -2.47. The Kier molecular flexibility index (Phi) is 12.6. The molecule has 0 aliphatic carbocycles. The largest absolute Gasteiger partial charge is 0.481 e. The summed E-state index contributed by atoms with van der Waals surface area (Å²) in [7, 11) is 4.24. The van der Waals surface area contributed by atoms with Crippen LogP contribution in [0.15, 0.2) is 71.5 Å². The van der Waals surface area contributed by atoms with Crippen molar-refractivity contribution in [2.75, 3.05) is 71.8 Å². The number of aromatic nitrogens is 2. The van der Waals surface area contributed by atoms with E-state index in [1.54, 1.807) is 4.57 Å². The van der Waals surface area contributed by atoms with Gasteiger partial charge in [0.15, 0.2) is 0 Å². The number of terminal acetylenes is 1. The molecule has 9 heteroatoms. The van der Waals surface area contributed by atoms with Crippen LogP contribution in [0.25, 0.3) is 22.2 Å². The van der Waals surface area contributed by atoms with Crippen molar-refractivity contribution in [3.8, 4) is 29.4 Å². The Morgan fingerprint density at radius 3 is 2.37 bits per heavy atom. The summed E-state index contributed by atoms with van der Waals surface area (Å²) in [6, 6.07) is 21.4. The Bertz CT molecular complexity index is 1800. The van der Waals surface area contributed by atoms with Crippen LogP contribution in [0.2, 0.25) is 0 Å². The molecule has 4 aromatic rings. The number of nitrogens with one attached hydrogen (secondary N) is 1. The molecule has 1 aliphatic rings. The number of piperazine rings is 1. The summed E-state index contributed by atoms with van der Waals surface area (Å²) in [6.45, 7) is 12.2. The van der Waals surface area contributed by atoms with Gasteiger partial charge < -0.3 is 24.8 Å². The SMILES string of the molecule is C#CCOc1ccc2c(c1)c(-c1ccc(C(C)C)cc1)nc(=O)n2Cc1cccc(NC(=O)CCCN2CCN(CCCN(C)C)CC2)c1. The van der Waals surface area contributed by atoms with Gasteiger partial charge in [0, 0.05) is 49.2 Å². The van der Waals surface area contributed by atoms with Crippen LogP contribution >= 0.6 is 0 Å². The number of ether oxygens (including phenoxy) is 1. The van der Waals surface area contributed by atoms with Crippen molar-refractivity contribution >= 4 is 22.5 Å². The molecule has 0 saturated carbocycles. The lowest BCUT2D eigenvalue weighted by Gasteiger charge is -2.34. The second kappa shape index (κ2) is 17.3. The maximum Gasteiger partial charge on any atom is 0.348 e. The van der Waals surface area contributed by atoms with Crippen molar-refractivity contribution in [1.29, 1.82) is 0 Å². The summed E-state index contributed by atoms with van der Waals surface area (Å²) in [5, 5.41) is 3.85. The predicted octanol–water partition coefficient (Wildman–Crippen LogP) is 5.54. The number of fused-ring (bicyclic) bond motifs is 1. The van der Waals surface area contributed by atoms with E-state index in [9.17, 15) is 9.59 Å². The average molecular weight is 663 g/mol. The minimum atomic E-state index is -0.350. The molecular weight excluding hydrogens is 612 g/mol. The highest BCUT2D eigenvalue weighted by molar-refractivity contribution is 5.93. The zero-order valence-corrected chi connectivity index (χ0v) is 29.5. The van der Waals surface area contributed by atoms with E-state index in [1.165, 1.54) is 12.0 Å². The second-order valence-electron chi connectivity index (χ2n) is 13.5. The first-order valence-corrected chi connectivity index (χ1v) is 17.4. The molecule has 49 heavy (non-hydrogen) atoms. The molecule has 0 spiro atoms. The van der Waals surface area contributed by atoms with Crippen molar-refractivity contribution in [2.45, 2.75) is 45.6 Å². The molecule has 1 saturated heterocycles. The number of amides is 1. The van der Waals surface area contributed by atoms with Gasteiger partial charge in [-0.15, -0.1) is 6.42 Å². The number of nitrogens with zero attached hydrogens (tertiary/aromatic N) is 5. The smallest absolute Gasteiger partial charge is 0.348 e. The molecular formula is C40H50N6O3. The van der Waals surface area contributed by atoms with Crippen LogP contribution in [-0.2, 0) is 11.3 Å². The van der Waals surface area contributed by atoms with Gasteiger partial charge in [-0.05, 0) is 93.9 Å². The lowest BCUT2D eigenvalue weighted by molar-refractivity contribution is -0.116. The maximum absolute atomic E-state index is 13.6. The number of benzene rings is 3. The number of carbonyl (C=O) groups is 1. The van der Waals surface area contributed by atoms with E-state index in [0.717, 1.165) is 74.3 Å². The van der Waals surface area contributed by atoms with Crippen LogP contribution in [0.4, 0.5) is 5.69 Å². The van der Waals surface area contributed by atoms with Crippen molar-refractivity contribution < 1.29 is 9.53 Å².